The predicted molar refractivity (Wildman–Crippen MR) is 171 cm³/mol. The molecule has 2 fully saturated rings. The van der Waals surface area contributed by atoms with Gasteiger partial charge in [-0.3, -0.25) is 19.3 Å². The quantitative estimate of drug-likeness (QED) is 0.190. The molecule has 0 saturated carbocycles. The Kier molecular flexibility index (Phi) is 9.45. The zero-order valence-electron chi connectivity index (χ0n) is 25.0. The Morgan fingerprint density at radius 3 is 2.35 bits per heavy atom. The first-order valence-corrected chi connectivity index (χ1v) is 15.3. The number of thiocarbonyl (C=S) groups is 1. The Hall–Kier alpha value is -4.18. The van der Waals surface area contributed by atoms with E-state index in [1.165, 1.54) is 16.9 Å². The van der Waals surface area contributed by atoms with Crippen LogP contribution in [-0.2, 0) is 32.1 Å². The number of hydrogen-bond acceptors (Lipinski definition) is 6. The molecular weight excluding hydrogens is 564 g/mol. The number of methoxy groups -OCH3 is 1. The van der Waals surface area contributed by atoms with E-state index in [2.05, 4.69) is 13.0 Å². The lowest BCUT2D eigenvalue weighted by atomic mass is 10.1. The van der Waals surface area contributed by atoms with Gasteiger partial charge in [-0.15, -0.1) is 0 Å². The van der Waals surface area contributed by atoms with Gasteiger partial charge in [0.15, 0.2) is 5.11 Å². The van der Waals surface area contributed by atoms with Crippen molar-refractivity contribution < 1.29 is 23.9 Å². The second kappa shape index (κ2) is 13.4. The number of para-hydroxylation sites is 1. The summed E-state index contributed by atoms with van der Waals surface area (Å²) in [6.45, 7) is 6.08. The van der Waals surface area contributed by atoms with Crippen molar-refractivity contribution in [2.75, 3.05) is 38.3 Å². The third kappa shape index (κ3) is 6.29. The highest BCUT2D eigenvalue weighted by Gasteiger charge is 2.40. The summed E-state index contributed by atoms with van der Waals surface area (Å²) >= 11 is 5.74. The summed E-state index contributed by atoms with van der Waals surface area (Å²) in [5, 5.41) is 1.10. The Balaban J connectivity index is 1.56. The molecule has 0 atom stereocenters. The molecule has 2 saturated heterocycles. The highest BCUT2D eigenvalue weighted by atomic mass is 32.1. The number of carbonyl (C=O) groups is 3. The van der Waals surface area contributed by atoms with Gasteiger partial charge >= 0.3 is 5.97 Å². The minimum Gasteiger partial charge on any atom is -0.494 e. The molecule has 10 heteroatoms. The standard InChI is InChI=1S/C33H38N4O5S/c1-4-23-11-10-12-27-24(20-35(31(23)27)21-29(38)34-17-8-6-7-9-18-34)19-28-32(40)37(33(43)36(28)22-30(39)41-3)25-13-15-26(16-14-25)42-5-2/h10-16,19-20H,4-9,17-18,21-22H2,1-3H3/b28-19-. The number of carbonyl (C=O) groups excluding carboxylic acids is 3. The molecule has 0 bridgehead atoms. The average molecular weight is 603 g/mol. The van der Waals surface area contributed by atoms with Gasteiger partial charge in [0.2, 0.25) is 5.91 Å². The van der Waals surface area contributed by atoms with Gasteiger partial charge in [-0.2, -0.15) is 0 Å². The molecule has 0 radical (unpaired) electrons. The maximum Gasteiger partial charge on any atom is 0.325 e. The first-order valence-electron chi connectivity index (χ1n) is 14.9. The van der Waals surface area contributed by atoms with Crippen molar-refractivity contribution in [1.82, 2.24) is 14.4 Å². The summed E-state index contributed by atoms with van der Waals surface area (Å²) in [6, 6.07) is 13.2. The van der Waals surface area contributed by atoms with Gasteiger partial charge in [0.1, 0.15) is 24.5 Å². The summed E-state index contributed by atoms with van der Waals surface area (Å²) in [7, 11) is 1.30. The van der Waals surface area contributed by atoms with Crippen LogP contribution in [0.15, 0.2) is 54.4 Å². The zero-order valence-corrected chi connectivity index (χ0v) is 25.8. The van der Waals surface area contributed by atoms with Gasteiger partial charge in [0, 0.05) is 30.2 Å². The average Bonchev–Trinajstić information content (AvgIpc) is 3.29. The maximum atomic E-state index is 14.0. The fourth-order valence-electron chi connectivity index (χ4n) is 5.82. The first kappa shape index (κ1) is 30.3. The summed E-state index contributed by atoms with van der Waals surface area (Å²) < 4.78 is 12.5. The fraction of sp³-hybridized carbons (Fsp3) is 0.394. The third-order valence-corrected chi connectivity index (χ3v) is 8.41. The number of ether oxygens (including phenoxy) is 2. The SMILES string of the molecule is CCOc1ccc(N2C(=O)/C(=C/c3cn(CC(=O)N4CCCCCC4)c4c(CC)cccc34)N(CC(=O)OC)C2=S)cc1. The molecule has 1 aromatic heterocycles. The van der Waals surface area contributed by atoms with Crippen LogP contribution in [0, 0.1) is 0 Å². The molecule has 5 rings (SSSR count). The second-order valence-electron chi connectivity index (χ2n) is 10.7. The van der Waals surface area contributed by atoms with Crippen LogP contribution in [0.3, 0.4) is 0 Å². The van der Waals surface area contributed by atoms with Crippen molar-refractivity contribution in [3.63, 3.8) is 0 Å². The molecule has 2 amide bonds. The van der Waals surface area contributed by atoms with E-state index in [9.17, 15) is 14.4 Å². The second-order valence-corrected chi connectivity index (χ2v) is 11.1. The predicted octanol–water partition coefficient (Wildman–Crippen LogP) is 5.15. The lowest BCUT2D eigenvalue weighted by molar-refractivity contribution is -0.140. The van der Waals surface area contributed by atoms with E-state index in [4.69, 9.17) is 21.7 Å². The number of likely N-dealkylation sites (tertiary alicyclic amines) is 1. The van der Waals surface area contributed by atoms with Crippen molar-refractivity contribution in [2.45, 2.75) is 52.5 Å². The minimum atomic E-state index is -0.520. The van der Waals surface area contributed by atoms with E-state index in [0.717, 1.165) is 67.2 Å². The molecule has 2 aromatic carbocycles. The number of hydrogen-bond donors (Lipinski definition) is 0. The summed E-state index contributed by atoms with van der Waals surface area (Å²) in [6.07, 6.45) is 8.84. The van der Waals surface area contributed by atoms with Crippen molar-refractivity contribution in [2.24, 2.45) is 0 Å². The van der Waals surface area contributed by atoms with Gasteiger partial charge in [0.05, 0.1) is 24.9 Å². The van der Waals surface area contributed by atoms with E-state index in [1.807, 2.05) is 34.7 Å². The molecule has 43 heavy (non-hydrogen) atoms. The number of fused-ring (bicyclic) bond motifs is 1. The smallest absolute Gasteiger partial charge is 0.325 e. The number of rotatable bonds is 9. The van der Waals surface area contributed by atoms with Crippen LogP contribution in [0.2, 0.25) is 0 Å². The summed E-state index contributed by atoms with van der Waals surface area (Å²) in [5.74, 6) is -0.101. The number of esters is 1. The van der Waals surface area contributed by atoms with Gasteiger partial charge in [-0.25, -0.2) is 0 Å². The van der Waals surface area contributed by atoms with Crippen LogP contribution in [0.5, 0.6) is 5.75 Å². The summed E-state index contributed by atoms with van der Waals surface area (Å²) in [5.41, 5.74) is 3.67. The minimum absolute atomic E-state index is 0.0935. The normalized spacial score (nSPS) is 16.7. The van der Waals surface area contributed by atoms with Crippen molar-refractivity contribution in [3.8, 4) is 5.75 Å². The molecule has 0 N–H and O–H groups in total. The van der Waals surface area contributed by atoms with Crippen LogP contribution >= 0.6 is 12.2 Å². The van der Waals surface area contributed by atoms with Crippen LogP contribution in [-0.4, -0.2) is 70.6 Å². The van der Waals surface area contributed by atoms with Crippen LogP contribution in [0.1, 0.15) is 50.7 Å². The van der Waals surface area contributed by atoms with Gasteiger partial charge < -0.3 is 23.8 Å². The van der Waals surface area contributed by atoms with E-state index in [-0.39, 0.29) is 35.7 Å². The number of benzene rings is 2. The molecule has 2 aliphatic rings. The molecular formula is C33H38N4O5S. The van der Waals surface area contributed by atoms with Crippen molar-refractivity contribution in [1.29, 1.82) is 0 Å². The molecule has 0 unspecified atom stereocenters. The Labute approximate surface area is 257 Å². The lowest BCUT2D eigenvalue weighted by Crippen LogP contribution is -2.35. The molecule has 9 nitrogen and oxygen atoms in total. The van der Waals surface area contributed by atoms with Crippen molar-refractivity contribution in [3.05, 3.63) is 65.5 Å². The number of aryl methyl sites for hydroxylation is 1. The Morgan fingerprint density at radius 2 is 1.70 bits per heavy atom. The fourth-order valence-corrected chi connectivity index (χ4v) is 6.17. The van der Waals surface area contributed by atoms with Crippen molar-refractivity contribution >= 4 is 57.8 Å². The van der Waals surface area contributed by atoms with E-state index < -0.39 is 5.97 Å². The van der Waals surface area contributed by atoms with E-state index >= 15 is 0 Å². The molecule has 0 spiro atoms. The largest absolute Gasteiger partial charge is 0.494 e. The van der Waals surface area contributed by atoms with E-state index in [0.29, 0.717) is 18.0 Å². The molecule has 226 valence electrons. The highest BCUT2D eigenvalue weighted by Crippen LogP contribution is 2.33. The maximum absolute atomic E-state index is 14.0. The van der Waals surface area contributed by atoms with Crippen LogP contribution < -0.4 is 9.64 Å². The molecule has 0 aliphatic carbocycles. The van der Waals surface area contributed by atoms with E-state index in [1.54, 1.807) is 30.3 Å². The Morgan fingerprint density at radius 1 is 0.977 bits per heavy atom. The van der Waals surface area contributed by atoms with Gasteiger partial charge in [-0.1, -0.05) is 38.0 Å². The van der Waals surface area contributed by atoms with Crippen LogP contribution in [0.25, 0.3) is 17.0 Å². The first-order chi connectivity index (χ1) is 20.9. The number of amides is 2. The Bertz CT molecular complexity index is 1550. The topological polar surface area (TPSA) is 84.3 Å². The molecule has 3 heterocycles. The third-order valence-electron chi connectivity index (χ3n) is 8.01. The highest BCUT2D eigenvalue weighted by molar-refractivity contribution is 7.80. The van der Waals surface area contributed by atoms with Crippen LogP contribution in [0.4, 0.5) is 5.69 Å². The summed E-state index contributed by atoms with van der Waals surface area (Å²) in [4.78, 5) is 44.7. The van der Waals surface area contributed by atoms with Gasteiger partial charge in [0.25, 0.3) is 5.91 Å². The number of anilines is 1. The molecule has 2 aliphatic heterocycles. The number of aromatic nitrogens is 1. The lowest BCUT2D eigenvalue weighted by Gasteiger charge is -2.21. The molecule has 3 aromatic rings. The monoisotopic (exact) mass is 602 g/mol. The number of nitrogens with zero attached hydrogens (tertiary/aromatic N) is 4. The zero-order chi connectivity index (χ0) is 30.5. The van der Waals surface area contributed by atoms with Gasteiger partial charge in [-0.05, 0) is 74.3 Å².